The third-order valence-corrected chi connectivity index (χ3v) is 5.93. The number of carbonyl (C=O) groups is 1. The van der Waals surface area contributed by atoms with E-state index in [9.17, 15) is 21.6 Å². The highest BCUT2D eigenvalue weighted by molar-refractivity contribution is 8.09. The SMILES string of the molecule is CNCC(=O)NCCOc1ccc(N(S(C)(=O)=O)S(C)(=O)=O)cc1.Cl. The fourth-order valence-electron chi connectivity index (χ4n) is 1.88. The summed E-state index contributed by atoms with van der Waals surface area (Å²) in [6, 6.07) is 5.57. The number of sulfonamides is 2. The van der Waals surface area contributed by atoms with Crippen LogP contribution in [0.3, 0.4) is 0 Å². The number of likely N-dealkylation sites (N-methyl/N-ethyl adjacent to an activating group) is 1. The monoisotopic (exact) mass is 415 g/mol. The highest BCUT2D eigenvalue weighted by Gasteiger charge is 2.27. The van der Waals surface area contributed by atoms with E-state index in [4.69, 9.17) is 4.74 Å². The molecule has 12 heteroatoms. The average Bonchev–Trinajstić information content (AvgIpc) is 2.42. The van der Waals surface area contributed by atoms with Crippen molar-refractivity contribution in [3.05, 3.63) is 24.3 Å². The number of ether oxygens (including phenoxy) is 1. The number of nitrogens with zero attached hydrogens (tertiary/aromatic N) is 1. The average molecular weight is 416 g/mol. The second-order valence-electron chi connectivity index (χ2n) is 4.95. The Bertz CT molecular complexity index is 733. The van der Waals surface area contributed by atoms with Crippen molar-refractivity contribution < 1.29 is 26.4 Å². The summed E-state index contributed by atoms with van der Waals surface area (Å²) >= 11 is 0. The van der Waals surface area contributed by atoms with Gasteiger partial charge in [-0.3, -0.25) is 4.79 Å². The smallest absolute Gasteiger partial charge is 0.245 e. The van der Waals surface area contributed by atoms with E-state index in [2.05, 4.69) is 10.6 Å². The summed E-state index contributed by atoms with van der Waals surface area (Å²) in [5.74, 6) is 0.261. The zero-order valence-corrected chi connectivity index (χ0v) is 16.5. The lowest BCUT2D eigenvalue weighted by Crippen LogP contribution is -2.35. The second-order valence-corrected chi connectivity index (χ2v) is 8.84. The number of nitrogens with one attached hydrogen (secondary N) is 2. The first-order valence-corrected chi connectivity index (χ1v) is 10.6. The zero-order valence-electron chi connectivity index (χ0n) is 14.1. The van der Waals surface area contributed by atoms with E-state index < -0.39 is 20.0 Å². The van der Waals surface area contributed by atoms with Gasteiger partial charge in [0.1, 0.15) is 12.4 Å². The molecule has 0 saturated carbocycles. The standard InChI is InChI=1S/C13H21N3O6S2.ClH/c1-14-10-13(17)15-8-9-22-12-6-4-11(5-7-12)16(23(2,18)19)24(3,20)21;/h4-7,14H,8-10H2,1-3H3,(H,15,17);1H. The molecule has 0 fully saturated rings. The molecule has 0 aliphatic heterocycles. The third kappa shape index (κ3) is 7.90. The van der Waals surface area contributed by atoms with Gasteiger partial charge in [0.25, 0.3) is 0 Å². The van der Waals surface area contributed by atoms with Gasteiger partial charge in [-0.15, -0.1) is 12.4 Å². The minimum atomic E-state index is -3.97. The number of anilines is 1. The molecule has 0 atom stereocenters. The molecule has 1 aromatic rings. The Morgan fingerprint density at radius 1 is 1.08 bits per heavy atom. The van der Waals surface area contributed by atoms with Gasteiger partial charge in [0.2, 0.25) is 26.0 Å². The normalized spacial score (nSPS) is 11.3. The van der Waals surface area contributed by atoms with Gasteiger partial charge in [-0.05, 0) is 31.3 Å². The summed E-state index contributed by atoms with van der Waals surface area (Å²) in [6.45, 7) is 0.735. The molecule has 144 valence electrons. The molecule has 0 aromatic heterocycles. The molecule has 0 radical (unpaired) electrons. The van der Waals surface area contributed by atoms with Gasteiger partial charge in [-0.1, -0.05) is 0 Å². The molecule has 0 aliphatic rings. The van der Waals surface area contributed by atoms with E-state index in [1.54, 1.807) is 7.05 Å². The molecule has 0 saturated heterocycles. The van der Waals surface area contributed by atoms with Crippen LogP contribution in [-0.4, -0.2) is 62.0 Å². The second kappa shape index (κ2) is 9.80. The Kier molecular flexibility index (Phi) is 9.19. The number of rotatable bonds is 9. The maximum atomic E-state index is 11.7. The van der Waals surface area contributed by atoms with Gasteiger partial charge in [-0.2, -0.15) is 3.71 Å². The Morgan fingerprint density at radius 2 is 1.60 bits per heavy atom. The number of hydrogen-bond acceptors (Lipinski definition) is 7. The van der Waals surface area contributed by atoms with E-state index in [0.29, 0.717) is 16.0 Å². The molecule has 9 nitrogen and oxygen atoms in total. The van der Waals surface area contributed by atoms with E-state index in [0.717, 1.165) is 12.5 Å². The van der Waals surface area contributed by atoms with Gasteiger partial charge < -0.3 is 15.4 Å². The van der Waals surface area contributed by atoms with Crippen LogP contribution in [-0.2, 0) is 24.8 Å². The van der Waals surface area contributed by atoms with Gasteiger partial charge >= 0.3 is 0 Å². The minimum absolute atomic E-state index is 0. The van der Waals surface area contributed by atoms with Crippen LogP contribution in [0.5, 0.6) is 5.75 Å². The van der Waals surface area contributed by atoms with E-state index >= 15 is 0 Å². The lowest BCUT2D eigenvalue weighted by atomic mass is 10.3. The van der Waals surface area contributed by atoms with E-state index in [-0.39, 0.29) is 37.2 Å². The first kappa shape index (κ1) is 23.4. The number of hydrogen-bond donors (Lipinski definition) is 2. The zero-order chi connectivity index (χ0) is 18.4. The molecule has 0 aliphatic carbocycles. The summed E-state index contributed by atoms with van der Waals surface area (Å²) in [7, 11) is -6.29. The number of benzene rings is 1. The molecule has 0 spiro atoms. The van der Waals surface area contributed by atoms with Crippen molar-refractivity contribution >= 4 is 44.0 Å². The molecule has 25 heavy (non-hydrogen) atoms. The van der Waals surface area contributed by atoms with Crippen LogP contribution >= 0.6 is 12.4 Å². The Morgan fingerprint density at radius 3 is 2.04 bits per heavy atom. The molecular weight excluding hydrogens is 394 g/mol. The number of halogens is 1. The van der Waals surface area contributed by atoms with Crippen molar-refractivity contribution in [3.63, 3.8) is 0 Å². The van der Waals surface area contributed by atoms with Crippen molar-refractivity contribution in [2.75, 3.05) is 43.0 Å². The largest absolute Gasteiger partial charge is 0.492 e. The summed E-state index contributed by atoms with van der Waals surface area (Å²) in [4.78, 5) is 11.2. The molecule has 2 N–H and O–H groups in total. The van der Waals surface area contributed by atoms with E-state index in [1.165, 1.54) is 24.3 Å². The van der Waals surface area contributed by atoms with Gasteiger partial charge in [-0.25, -0.2) is 16.8 Å². The topological polar surface area (TPSA) is 122 Å². The van der Waals surface area contributed by atoms with Crippen molar-refractivity contribution in [1.29, 1.82) is 0 Å². The van der Waals surface area contributed by atoms with E-state index in [1.807, 2.05) is 0 Å². The molecular formula is C13H22ClN3O6S2. The van der Waals surface area contributed by atoms with Crippen molar-refractivity contribution in [2.45, 2.75) is 0 Å². The van der Waals surface area contributed by atoms with Crippen LogP contribution in [0.1, 0.15) is 0 Å². The fraction of sp³-hybridized carbons (Fsp3) is 0.462. The van der Waals surface area contributed by atoms with Crippen LogP contribution in [0.15, 0.2) is 24.3 Å². The van der Waals surface area contributed by atoms with Gasteiger partial charge in [0.15, 0.2) is 0 Å². The fourth-order valence-corrected chi connectivity index (χ4v) is 4.85. The van der Waals surface area contributed by atoms with Crippen LogP contribution in [0.25, 0.3) is 0 Å². The summed E-state index contributed by atoms with van der Waals surface area (Å²) < 4.78 is 52.4. The first-order valence-electron chi connectivity index (χ1n) is 6.90. The van der Waals surface area contributed by atoms with Crippen LogP contribution in [0.4, 0.5) is 5.69 Å². The van der Waals surface area contributed by atoms with Crippen LogP contribution in [0, 0.1) is 0 Å². The third-order valence-electron chi connectivity index (χ3n) is 2.68. The summed E-state index contributed by atoms with van der Waals surface area (Å²) in [5, 5.41) is 5.34. The molecule has 0 heterocycles. The minimum Gasteiger partial charge on any atom is -0.492 e. The Hall–Kier alpha value is -1.56. The van der Waals surface area contributed by atoms with Crippen LogP contribution in [0.2, 0.25) is 0 Å². The highest BCUT2D eigenvalue weighted by atomic mass is 35.5. The molecule has 1 aromatic carbocycles. The molecule has 0 unspecified atom stereocenters. The van der Waals surface area contributed by atoms with Crippen molar-refractivity contribution in [2.24, 2.45) is 0 Å². The Labute approximate surface area is 154 Å². The highest BCUT2D eigenvalue weighted by Crippen LogP contribution is 2.23. The molecule has 1 amide bonds. The number of carbonyl (C=O) groups excluding carboxylic acids is 1. The van der Waals surface area contributed by atoms with Crippen molar-refractivity contribution in [1.82, 2.24) is 10.6 Å². The summed E-state index contributed by atoms with van der Waals surface area (Å²) in [6.07, 6.45) is 1.62. The quantitative estimate of drug-likeness (QED) is 0.523. The molecule has 0 bridgehead atoms. The molecule has 1 rings (SSSR count). The Balaban J connectivity index is 0.00000576. The van der Waals surface area contributed by atoms with Crippen molar-refractivity contribution in [3.8, 4) is 5.75 Å². The number of amides is 1. The van der Waals surface area contributed by atoms with Gasteiger partial charge in [0.05, 0.1) is 31.3 Å². The maximum Gasteiger partial charge on any atom is 0.245 e. The predicted octanol–water partition coefficient (Wildman–Crippen LogP) is -0.452. The first-order chi connectivity index (χ1) is 11.1. The summed E-state index contributed by atoms with van der Waals surface area (Å²) in [5.41, 5.74) is -0.00493. The van der Waals surface area contributed by atoms with Gasteiger partial charge in [0, 0.05) is 0 Å². The predicted molar refractivity (Wildman–Crippen MR) is 98.3 cm³/mol. The lowest BCUT2D eigenvalue weighted by molar-refractivity contribution is -0.120. The maximum absolute atomic E-state index is 11.7. The van der Waals surface area contributed by atoms with Crippen LogP contribution < -0.4 is 19.1 Å². The lowest BCUT2D eigenvalue weighted by Gasteiger charge is -2.19.